The van der Waals surface area contributed by atoms with Crippen LogP contribution in [0.25, 0.3) is 0 Å². The number of rotatable bonds is 6. The van der Waals surface area contributed by atoms with Crippen LogP contribution < -0.4 is 0 Å². The molecular weight excluding hydrogens is 203 g/mol. The predicted molar refractivity (Wildman–Crippen MR) is 64.8 cm³/mol. The number of aliphatic hydroxyl groups is 1. The molecule has 1 nitrogen and oxygen atoms in total. The number of hydrogen-bond donors (Lipinski definition) is 1. The summed E-state index contributed by atoms with van der Waals surface area (Å²) >= 11 is 0. The molecule has 16 heavy (non-hydrogen) atoms. The molecule has 0 heterocycles. The Morgan fingerprint density at radius 1 is 1.25 bits per heavy atom. The Balaban J connectivity index is 2.47. The second-order valence-corrected chi connectivity index (χ2v) is 4.41. The Kier molecular flexibility index (Phi) is 5.47. The largest absolute Gasteiger partial charge is 0.393 e. The Hall–Kier alpha value is -0.890. The van der Waals surface area contributed by atoms with E-state index in [2.05, 4.69) is 13.8 Å². The van der Waals surface area contributed by atoms with Crippen molar-refractivity contribution in [1.29, 1.82) is 0 Å². The highest BCUT2D eigenvalue weighted by Crippen LogP contribution is 2.17. The maximum absolute atomic E-state index is 12.9. The molecule has 0 radical (unpaired) electrons. The number of halogens is 1. The third-order valence-electron chi connectivity index (χ3n) is 3.12. The topological polar surface area (TPSA) is 20.2 Å². The summed E-state index contributed by atoms with van der Waals surface area (Å²) in [6.45, 7) is 4.28. The summed E-state index contributed by atoms with van der Waals surface area (Å²) < 4.78 is 12.9. The first kappa shape index (κ1) is 13.2. The van der Waals surface area contributed by atoms with Gasteiger partial charge in [-0.1, -0.05) is 38.8 Å². The van der Waals surface area contributed by atoms with Crippen LogP contribution in [0.2, 0.25) is 0 Å². The van der Waals surface area contributed by atoms with Gasteiger partial charge >= 0.3 is 0 Å². The van der Waals surface area contributed by atoms with Crippen molar-refractivity contribution in [2.24, 2.45) is 5.92 Å². The summed E-state index contributed by atoms with van der Waals surface area (Å²) in [6, 6.07) is 6.47. The van der Waals surface area contributed by atoms with Crippen LogP contribution in [0.4, 0.5) is 4.39 Å². The molecule has 0 aliphatic rings. The molecule has 0 aliphatic carbocycles. The van der Waals surface area contributed by atoms with Crippen molar-refractivity contribution in [2.45, 2.75) is 45.6 Å². The van der Waals surface area contributed by atoms with E-state index in [-0.39, 0.29) is 11.9 Å². The molecule has 1 N–H and O–H groups in total. The van der Waals surface area contributed by atoms with Crippen LogP contribution in [0, 0.1) is 11.7 Å². The molecular formula is C14H21FO. The fourth-order valence-corrected chi connectivity index (χ4v) is 2.03. The lowest BCUT2D eigenvalue weighted by atomic mass is 9.93. The van der Waals surface area contributed by atoms with E-state index >= 15 is 0 Å². The van der Waals surface area contributed by atoms with Crippen LogP contribution in [0.1, 0.15) is 38.7 Å². The maximum atomic E-state index is 12.9. The molecule has 1 unspecified atom stereocenters. The highest BCUT2D eigenvalue weighted by atomic mass is 19.1. The quantitative estimate of drug-likeness (QED) is 0.783. The average Bonchev–Trinajstić information content (AvgIpc) is 2.26. The molecule has 0 fully saturated rings. The smallest absolute Gasteiger partial charge is 0.123 e. The van der Waals surface area contributed by atoms with Gasteiger partial charge < -0.3 is 5.11 Å². The number of benzene rings is 1. The lowest BCUT2D eigenvalue weighted by molar-refractivity contribution is 0.139. The van der Waals surface area contributed by atoms with Crippen molar-refractivity contribution in [1.82, 2.24) is 0 Å². The van der Waals surface area contributed by atoms with Gasteiger partial charge in [0.2, 0.25) is 0 Å². The normalized spacial score (nSPS) is 13.1. The van der Waals surface area contributed by atoms with Crippen LogP contribution in [-0.4, -0.2) is 11.2 Å². The van der Waals surface area contributed by atoms with Gasteiger partial charge in [0.05, 0.1) is 6.10 Å². The molecule has 0 saturated heterocycles. The number of aliphatic hydroxyl groups excluding tert-OH is 1. The van der Waals surface area contributed by atoms with Gasteiger partial charge in [-0.05, 0) is 36.5 Å². The maximum Gasteiger partial charge on any atom is 0.123 e. The van der Waals surface area contributed by atoms with Gasteiger partial charge in [0.15, 0.2) is 0 Å². The van der Waals surface area contributed by atoms with Crippen LogP contribution in [0.15, 0.2) is 24.3 Å². The Labute approximate surface area is 97.3 Å². The highest BCUT2D eigenvalue weighted by molar-refractivity contribution is 5.17. The molecule has 1 atom stereocenters. The molecule has 1 rings (SSSR count). The van der Waals surface area contributed by atoms with Gasteiger partial charge in [-0.15, -0.1) is 0 Å². The fourth-order valence-electron chi connectivity index (χ4n) is 2.03. The van der Waals surface area contributed by atoms with E-state index in [1.807, 2.05) is 6.07 Å². The highest BCUT2D eigenvalue weighted by Gasteiger charge is 2.12. The van der Waals surface area contributed by atoms with Crippen LogP contribution in [0.3, 0.4) is 0 Å². The van der Waals surface area contributed by atoms with E-state index in [1.165, 1.54) is 12.1 Å². The Morgan fingerprint density at radius 2 is 1.94 bits per heavy atom. The Morgan fingerprint density at radius 3 is 2.50 bits per heavy atom. The first-order chi connectivity index (χ1) is 7.65. The minimum atomic E-state index is -0.355. The fraction of sp³-hybridized carbons (Fsp3) is 0.571. The lowest BCUT2D eigenvalue weighted by Crippen LogP contribution is -2.15. The van der Waals surface area contributed by atoms with E-state index in [4.69, 9.17) is 0 Å². The van der Waals surface area contributed by atoms with Gasteiger partial charge in [-0.3, -0.25) is 0 Å². The summed E-state index contributed by atoms with van der Waals surface area (Å²) in [5, 5.41) is 9.90. The van der Waals surface area contributed by atoms with Crippen molar-refractivity contribution in [3.63, 3.8) is 0 Å². The zero-order chi connectivity index (χ0) is 12.0. The monoisotopic (exact) mass is 224 g/mol. The molecule has 0 amide bonds. The van der Waals surface area contributed by atoms with Gasteiger partial charge in [-0.25, -0.2) is 4.39 Å². The van der Waals surface area contributed by atoms with Gasteiger partial charge in [0.1, 0.15) is 5.82 Å². The molecule has 0 spiro atoms. The molecule has 0 saturated carbocycles. The summed E-state index contributed by atoms with van der Waals surface area (Å²) in [5.41, 5.74) is 0.874. The summed E-state index contributed by atoms with van der Waals surface area (Å²) in [4.78, 5) is 0. The van der Waals surface area contributed by atoms with E-state index in [0.717, 1.165) is 24.8 Å². The standard InChI is InChI=1S/C14H21FO/c1-3-11(4-2)9-14(16)10-12-6-5-7-13(15)8-12/h5-8,11,14,16H,3-4,9-10H2,1-2H3. The number of hydrogen-bond acceptors (Lipinski definition) is 1. The average molecular weight is 224 g/mol. The molecule has 0 bridgehead atoms. The molecule has 0 aliphatic heterocycles. The summed E-state index contributed by atoms with van der Waals surface area (Å²) in [6.07, 6.45) is 3.19. The van der Waals surface area contributed by atoms with E-state index in [1.54, 1.807) is 6.07 Å². The predicted octanol–water partition coefficient (Wildman–Crippen LogP) is 3.56. The van der Waals surface area contributed by atoms with Crippen molar-refractivity contribution in [2.75, 3.05) is 0 Å². The van der Waals surface area contributed by atoms with Gasteiger partial charge in [0, 0.05) is 0 Å². The summed E-state index contributed by atoms with van der Waals surface area (Å²) in [7, 11) is 0. The molecule has 2 heteroatoms. The van der Waals surface area contributed by atoms with Crippen LogP contribution in [0.5, 0.6) is 0 Å². The van der Waals surface area contributed by atoms with Crippen molar-refractivity contribution in [3.8, 4) is 0 Å². The van der Waals surface area contributed by atoms with Crippen molar-refractivity contribution in [3.05, 3.63) is 35.6 Å². The molecule has 1 aromatic carbocycles. The Bertz CT molecular complexity index is 307. The molecule has 0 aromatic heterocycles. The second kappa shape index (κ2) is 6.64. The van der Waals surface area contributed by atoms with Gasteiger partial charge in [0.25, 0.3) is 0 Å². The van der Waals surface area contributed by atoms with Crippen molar-refractivity contribution < 1.29 is 9.50 Å². The van der Waals surface area contributed by atoms with E-state index in [9.17, 15) is 9.50 Å². The lowest BCUT2D eigenvalue weighted by Gasteiger charge is -2.17. The van der Waals surface area contributed by atoms with Crippen molar-refractivity contribution >= 4 is 0 Å². The van der Waals surface area contributed by atoms with Gasteiger partial charge in [-0.2, -0.15) is 0 Å². The van der Waals surface area contributed by atoms with Crippen LogP contribution >= 0.6 is 0 Å². The summed E-state index contributed by atoms with van der Waals surface area (Å²) in [5.74, 6) is 0.343. The minimum absolute atomic E-state index is 0.229. The third-order valence-corrected chi connectivity index (χ3v) is 3.12. The SMILES string of the molecule is CCC(CC)CC(O)Cc1cccc(F)c1. The second-order valence-electron chi connectivity index (χ2n) is 4.41. The first-order valence-electron chi connectivity index (χ1n) is 6.08. The zero-order valence-electron chi connectivity index (χ0n) is 10.1. The van der Waals surface area contributed by atoms with E-state index in [0.29, 0.717) is 12.3 Å². The van der Waals surface area contributed by atoms with Crippen LogP contribution in [-0.2, 0) is 6.42 Å². The third kappa shape index (κ3) is 4.31. The van der Waals surface area contributed by atoms with E-state index < -0.39 is 0 Å². The molecule has 90 valence electrons. The molecule has 1 aromatic rings. The first-order valence-corrected chi connectivity index (χ1v) is 6.08. The minimum Gasteiger partial charge on any atom is -0.393 e. The zero-order valence-corrected chi connectivity index (χ0v) is 10.1.